The van der Waals surface area contributed by atoms with E-state index in [1.54, 1.807) is 0 Å². The summed E-state index contributed by atoms with van der Waals surface area (Å²) in [6, 6.07) is 8.30. The third-order valence-electron chi connectivity index (χ3n) is 3.14. The van der Waals surface area contributed by atoms with E-state index in [4.69, 9.17) is 10.5 Å². The van der Waals surface area contributed by atoms with Crippen LogP contribution in [0.4, 0.5) is 0 Å². The molecule has 0 spiro atoms. The second kappa shape index (κ2) is 6.38. The number of hydrogen-bond acceptors (Lipinski definition) is 3. The summed E-state index contributed by atoms with van der Waals surface area (Å²) in [5.41, 5.74) is 8.38. The van der Waals surface area contributed by atoms with Gasteiger partial charge in [-0.2, -0.15) is 0 Å². The van der Waals surface area contributed by atoms with Gasteiger partial charge in [-0.1, -0.05) is 6.07 Å². The van der Waals surface area contributed by atoms with E-state index < -0.39 is 0 Å². The molecule has 0 aliphatic heterocycles. The molecule has 2 rings (SSSR count). The Morgan fingerprint density at radius 3 is 3.05 bits per heavy atom. The molecule has 1 atom stereocenters. The standard InChI is InChI=1S/C15H20N2O2/c1-2-19-15(18)6-4-13(16)10-11-3-5-14-12(9-11)7-8-17-14/h3,5,7-9,13,17H,2,4,6,10,16H2,1H3. The quantitative estimate of drug-likeness (QED) is 0.783. The lowest BCUT2D eigenvalue weighted by Crippen LogP contribution is -2.24. The molecule has 0 radical (unpaired) electrons. The van der Waals surface area contributed by atoms with Crippen molar-refractivity contribution in [3.8, 4) is 0 Å². The average molecular weight is 260 g/mol. The van der Waals surface area contributed by atoms with Crippen LogP contribution in [0.25, 0.3) is 10.9 Å². The van der Waals surface area contributed by atoms with Crippen LogP contribution in [0.3, 0.4) is 0 Å². The number of carbonyl (C=O) groups is 1. The van der Waals surface area contributed by atoms with Crippen LogP contribution in [0.15, 0.2) is 30.5 Å². The fourth-order valence-electron chi connectivity index (χ4n) is 2.17. The molecule has 0 saturated carbocycles. The van der Waals surface area contributed by atoms with E-state index in [1.807, 2.05) is 19.2 Å². The zero-order valence-corrected chi connectivity index (χ0v) is 11.2. The van der Waals surface area contributed by atoms with Crippen molar-refractivity contribution < 1.29 is 9.53 Å². The average Bonchev–Trinajstić information content (AvgIpc) is 2.84. The number of H-pyrrole nitrogens is 1. The zero-order valence-electron chi connectivity index (χ0n) is 11.2. The van der Waals surface area contributed by atoms with Gasteiger partial charge in [-0.3, -0.25) is 4.79 Å². The Labute approximate surface area is 112 Å². The van der Waals surface area contributed by atoms with E-state index in [-0.39, 0.29) is 12.0 Å². The van der Waals surface area contributed by atoms with E-state index in [9.17, 15) is 4.79 Å². The highest BCUT2D eigenvalue weighted by molar-refractivity contribution is 5.79. The van der Waals surface area contributed by atoms with Gasteiger partial charge in [0.2, 0.25) is 0 Å². The van der Waals surface area contributed by atoms with Gasteiger partial charge in [0.25, 0.3) is 0 Å². The van der Waals surface area contributed by atoms with Crippen LogP contribution in [-0.4, -0.2) is 23.6 Å². The van der Waals surface area contributed by atoms with Gasteiger partial charge >= 0.3 is 5.97 Å². The maximum Gasteiger partial charge on any atom is 0.305 e. The Kier molecular flexibility index (Phi) is 4.58. The number of hydrogen-bond donors (Lipinski definition) is 2. The van der Waals surface area contributed by atoms with Crippen molar-refractivity contribution >= 4 is 16.9 Å². The summed E-state index contributed by atoms with van der Waals surface area (Å²) in [5.74, 6) is -0.168. The molecular formula is C15H20N2O2. The van der Waals surface area contributed by atoms with Gasteiger partial charge in [-0.05, 0) is 48.9 Å². The fourth-order valence-corrected chi connectivity index (χ4v) is 2.17. The molecule has 1 unspecified atom stereocenters. The van der Waals surface area contributed by atoms with Crippen LogP contribution in [0, 0.1) is 0 Å². The minimum atomic E-state index is -0.168. The Morgan fingerprint density at radius 1 is 1.42 bits per heavy atom. The van der Waals surface area contributed by atoms with E-state index in [0.29, 0.717) is 19.4 Å². The number of rotatable bonds is 6. The number of nitrogens with two attached hydrogens (primary N) is 1. The van der Waals surface area contributed by atoms with Crippen molar-refractivity contribution in [1.82, 2.24) is 4.98 Å². The molecule has 0 bridgehead atoms. The summed E-state index contributed by atoms with van der Waals surface area (Å²) in [6.45, 7) is 2.24. The number of carbonyl (C=O) groups excluding carboxylic acids is 1. The summed E-state index contributed by atoms with van der Waals surface area (Å²) < 4.78 is 4.89. The van der Waals surface area contributed by atoms with Gasteiger partial charge in [0.05, 0.1) is 6.61 Å². The first-order valence-electron chi connectivity index (χ1n) is 6.66. The smallest absolute Gasteiger partial charge is 0.305 e. The zero-order chi connectivity index (χ0) is 13.7. The predicted octanol–water partition coefficient (Wildman–Crippen LogP) is 2.38. The third-order valence-corrected chi connectivity index (χ3v) is 3.14. The van der Waals surface area contributed by atoms with Crippen molar-refractivity contribution in [3.05, 3.63) is 36.0 Å². The summed E-state index contributed by atoms with van der Waals surface area (Å²) in [6.07, 6.45) is 3.75. The van der Waals surface area contributed by atoms with E-state index in [1.165, 1.54) is 10.9 Å². The molecule has 1 aromatic carbocycles. The highest BCUT2D eigenvalue weighted by Crippen LogP contribution is 2.16. The molecule has 1 aromatic heterocycles. The molecule has 4 heteroatoms. The lowest BCUT2D eigenvalue weighted by Gasteiger charge is -2.11. The lowest BCUT2D eigenvalue weighted by atomic mass is 10.0. The van der Waals surface area contributed by atoms with Gasteiger partial charge in [-0.15, -0.1) is 0 Å². The van der Waals surface area contributed by atoms with E-state index in [0.717, 1.165) is 11.9 Å². The molecule has 0 aliphatic carbocycles. The molecule has 4 nitrogen and oxygen atoms in total. The van der Waals surface area contributed by atoms with Crippen LogP contribution >= 0.6 is 0 Å². The topological polar surface area (TPSA) is 68.1 Å². The SMILES string of the molecule is CCOC(=O)CCC(N)Cc1ccc2[nH]ccc2c1. The second-order valence-electron chi connectivity index (χ2n) is 4.71. The number of benzene rings is 1. The summed E-state index contributed by atoms with van der Waals surface area (Å²) in [5, 5.41) is 1.19. The summed E-state index contributed by atoms with van der Waals surface area (Å²) in [7, 11) is 0. The monoisotopic (exact) mass is 260 g/mol. The minimum absolute atomic E-state index is 0.0132. The Balaban J connectivity index is 1.87. The number of ether oxygens (including phenoxy) is 1. The second-order valence-corrected chi connectivity index (χ2v) is 4.71. The van der Waals surface area contributed by atoms with Crippen LogP contribution in [-0.2, 0) is 16.0 Å². The van der Waals surface area contributed by atoms with E-state index in [2.05, 4.69) is 23.2 Å². The molecule has 0 amide bonds. The van der Waals surface area contributed by atoms with Gasteiger partial charge < -0.3 is 15.5 Å². The molecule has 2 aromatic rings. The molecule has 3 N–H and O–H groups in total. The maximum absolute atomic E-state index is 11.3. The fraction of sp³-hybridized carbons (Fsp3) is 0.400. The summed E-state index contributed by atoms with van der Waals surface area (Å²) in [4.78, 5) is 14.4. The predicted molar refractivity (Wildman–Crippen MR) is 75.8 cm³/mol. The van der Waals surface area contributed by atoms with E-state index >= 15 is 0 Å². The van der Waals surface area contributed by atoms with Gasteiger partial charge in [-0.25, -0.2) is 0 Å². The van der Waals surface area contributed by atoms with Crippen molar-refractivity contribution in [2.45, 2.75) is 32.2 Å². The minimum Gasteiger partial charge on any atom is -0.466 e. The number of nitrogens with one attached hydrogen (secondary N) is 1. The highest BCUT2D eigenvalue weighted by Gasteiger charge is 2.09. The number of fused-ring (bicyclic) bond motifs is 1. The first kappa shape index (κ1) is 13.6. The van der Waals surface area contributed by atoms with Crippen LogP contribution in [0.2, 0.25) is 0 Å². The van der Waals surface area contributed by atoms with Crippen LogP contribution in [0.1, 0.15) is 25.3 Å². The molecular weight excluding hydrogens is 240 g/mol. The first-order valence-corrected chi connectivity index (χ1v) is 6.66. The molecule has 1 heterocycles. The summed E-state index contributed by atoms with van der Waals surface area (Å²) >= 11 is 0. The molecule has 0 aliphatic rings. The van der Waals surface area contributed by atoms with Crippen LogP contribution in [0.5, 0.6) is 0 Å². The molecule has 0 saturated heterocycles. The highest BCUT2D eigenvalue weighted by atomic mass is 16.5. The Morgan fingerprint density at radius 2 is 2.26 bits per heavy atom. The van der Waals surface area contributed by atoms with Crippen LogP contribution < -0.4 is 5.73 Å². The largest absolute Gasteiger partial charge is 0.466 e. The molecule has 0 fully saturated rings. The normalized spacial score (nSPS) is 12.5. The Bertz CT molecular complexity index is 548. The van der Waals surface area contributed by atoms with Gasteiger partial charge in [0, 0.05) is 24.2 Å². The van der Waals surface area contributed by atoms with Crippen molar-refractivity contribution in [1.29, 1.82) is 0 Å². The maximum atomic E-state index is 11.3. The van der Waals surface area contributed by atoms with Gasteiger partial charge in [0.15, 0.2) is 0 Å². The van der Waals surface area contributed by atoms with Gasteiger partial charge in [0.1, 0.15) is 0 Å². The number of aromatic amines is 1. The Hall–Kier alpha value is -1.81. The van der Waals surface area contributed by atoms with Crippen molar-refractivity contribution in [3.63, 3.8) is 0 Å². The number of aromatic nitrogens is 1. The van der Waals surface area contributed by atoms with Crippen molar-refractivity contribution in [2.24, 2.45) is 5.73 Å². The molecule has 102 valence electrons. The lowest BCUT2D eigenvalue weighted by molar-refractivity contribution is -0.143. The number of esters is 1. The third kappa shape index (κ3) is 3.83. The first-order chi connectivity index (χ1) is 9.19. The molecule has 19 heavy (non-hydrogen) atoms. The van der Waals surface area contributed by atoms with Crippen molar-refractivity contribution in [2.75, 3.05) is 6.61 Å².